The van der Waals surface area contributed by atoms with Crippen molar-refractivity contribution in [3.05, 3.63) is 22.4 Å². The van der Waals surface area contributed by atoms with Crippen molar-refractivity contribution in [1.82, 2.24) is 9.80 Å². The summed E-state index contributed by atoms with van der Waals surface area (Å²) in [5, 5.41) is 10.8. The lowest BCUT2D eigenvalue weighted by Gasteiger charge is -2.35. The SMILES string of the molecule is CCN(Cc1cccs1)C(=O)N1CCOC(CC(=O)O)C1. The van der Waals surface area contributed by atoms with Gasteiger partial charge < -0.3 is 19.6 Å². The van der Waals surface area contributed by atoms with Gasteiger partial charge in [0.05, 0.1) is 25.7 Å². The van der Waals surface area contributed by atoms with Crippen LogP contribution < -0.4 is 0 Å². The number of carbonyl (C=O) groups is 2. The Morgan fingerprint density at radius 1 is 1.57 bits per heavy atom. The summed E-state index contributed by atoms with van der Waals surface area (Å²) < 4.78 is 5.40. The summed E-state index contributed by atoms with van der Waals surface area (Å²) in [7, 11) is 0. The molecule has 2 amide bonds. The van der Waals surface area contributed by atoms with E-state index in [0.29, 0.717) is 32.8 Å². The number of carboxylic acid groups (broad SMARTS) is 1. The quantitative estimate of drug-likeness (QED) is 0.901. The van der Waals surface area contributed by atoms with Crippen LogP contribution in [-0.4, -0.2) is 59.3 Å². The van der Waals surface area contributed by atoms with E-state index in [1.54, 1.807) is 21.1 Å². The lowest BCUT2D eigenvalue weighted by atomic mass is 10.2. The molecule has 1 N–H and O–H groups in total. The lowest BCUT2D eigenvalue weighted by molar-refractivity contribution is -0.141. The average Bonchev–Trinajstić information content (AvgIpc) is 2.96. The average molecular weight is 312 g/mol. The molecule has 1 unspecified atom stereocenters. The second kappa shape index (κ2) is 7.42. The number of hydrogen-bond acceptors (Lipinski definition) is 4. The van der Waals surface area contributed by atoms with Crippen molar-refractivity contribution in [3.63, 3.8) is 0 Å². The van der Waals surface area contributed by atoms with E-state index in [1.807, 2.05) is 24.4 Å². The highest BCUT2D eigenvalue weighted by molar-refractivity contribution is 7.09. The van der Waals surface area contributed by atoms with E-state index in [9.17, 15) is 9.59 Å². The Kier molecular flexibility index (Phi) is 5.58. The minimum absolute atomic E-state index is 0.0513. The normalized spacial score (nSPS) is 18.5. The van der Waals surface area contributed by atoms with Crippen LogP contribution >= 0.6 is 11.3 Å². The zero-order valence-corrected chi connectivity index (χ0v) is 12.8. The highest BCUT2D eigenvalue weighted by atomic mass is 32.1. The van der Waals surface area contributed by atoms with Crippen LogP contribution in [0.4, 0.5) is 4.79 Å². The Morgan fingerprint density at radius 2 is 2.38 bits per heavy atom. The van der Waals surface area contributed by atoms with Gasteiger partial charge in [0.25, 0.3) is 0 Å². The van der Waals surface area contributed by atoms with Gasteiger partial charge in [-0.3, -0.25) is 4.79 Å². The molecule has 1 aromatic heterocycles. The van der Waals surface area contributed by atoms with Gasteiger partial charge in [0.1, 0.15) is 0 Å². The van der Waals surface area contributed by atoms with E-state index in [4.69, 9.17) is 9.84 Å². The predicted octanol–water partition coefficient (Wildman–Crippen LogP) is 1.87. The van der Waals surface area contributed by atoms with Crippen molar-refractivity contribution in [2.75, 3.05) is 26.2 Å². The van der Waals surface area contributed by atoms with Gasteiger partial charge in [0.2, 0.25) is 0 Å². The zero-order valence-electron chi connectivity index (χ0n) is 12.0. The molecule has 2 heterocycles. The van der Waals surface area contributed by atoms with E-state index >= 15 is 0 Å². The molecular formula is C14H20N2O4S. The van der Waals surface area contributed by atoms with Crippen molar-refractivity contribution >= 4 is 23.3 Å². The molecule has 1 fully saturated rings. The molecular weight excluding hydrogens is 292 g/mol. The first-order valence-corrected chi connectivity index (χ1v) is 7.87. The third-order valence-electron chi connectivity index (χ3n) is 3.39. The number of thiophene rings is 1. The van der Waals surface area contributed by atoms with Crippen LogP contribution in [0.15, 0.2) is 17.5 Å². The minimum Gasteiger partial charge on any atom is -0.481 e. The molecule has 0 aromatic carbocycles. The van der Waals surface area contributed by atoms with Crippen LogP contribution in [0.1, 0.15) is 18.2 Å². The molecule has 7 heteroatoms. The maximum atomic E-state index is 12.5. The molecule has 21 heavy (non-hydrogen) atoms. The molecule has 1 aliphatic heterocycles. The van der Waals surface area contributed by atoms with Gasteiger partial charge in [0.15, 0.2) is 0 Å². The van der Waals surface area contributed by atoms with Gasteiger partial charge in [-0.15, -0.1) is 11.3 Å². The molecule has 6 nitrogen and oxygen atoms in total. The van der Waals surface area contributed by atoms with Gasteiger partial charge in [-0.25, -0.2) is 4.79 Å². The molecule has 0 saturated carbocycles. The highest BCUT2D eigenvalue weighted by Crippen LogP contribution is 2.15. The molecule has 0 radical (unpaired) electrons. The summed E-state index contributed by atoms with van der Waals surface area (Å²) in [6.45, 7) is 4.40. The largest absolute Gasteiger partial charge is 0.481 e. The lowest BCUT2D eigenvalue weighted by Crippen LogP contribution is -2.51. The maximum absolute atomic E-state index is 12.5. The molecule has 1 aromatic rings. The topological polar surface area (TPSA) is 70.1 Å². The third kappa shape index (κ3) is 4.44. The number of ether oxygens (including phenoxy) is 1. The van der Waals surface area contributed by atoms with Crippen LogP contribution in [0.5, 0.6) is 0 Å². The van der Waals surface area contributed by atoms with E-state index in [0.717, 1.165) is 4.88 Å². The summed E-state index contributed by atoms with van der Waals surface area (Å²) in [4.78, 5) is 27.9. The number of rotatable bonds is 5. The Labute approximate surface area is 127 Å². The number of carboxylic acids is 1. The first kappa shape index (κ1) is 15.8. The number of aliphatic carboxylic acids is 1. The summed E-state index contributed by atoms with van der Waals surface area (Å²) in [6, 6.07) is 3.92. The monoisotopic (exact) mass is 312 g/mol. The number of urea groups is 1. The Morgan fingerprint density at radius 3 is 3.00 bits per heavy atom. The number of morpholine rings is 1. The summed E-state index contributed by atoms with van der Waals surface area (Å²) in [5.41, 5.74) is 0. The number of amides is 2. The fourth-order valence-electron chi connectivity index (χ4n) is 2.32. The summed E-state index contributed by atoms with van der Waals surface area (Å²) >= 11 is 1.62. The molecule has 1 aliphatic rings. The molecule has 2 rings (SSSR count). The Hall–Kier alpha value is -1.60. The van der Waals surface area contributed by atoms with Gasteiger partial charge in [-0.1, -0.05) is 6.07 Å². The molecule has 1 saturated heterocycles. The number of hydrogen-bond donors (Lipinski definition) is 1. The first-order chi connectivity index (χ1) is 10.1. The smallest absolute Gasteiger partial charge is 0.320 e. The third-order valence-corrected chi connectivity index (χ3v) is 4.25. The van der Waals surface area contributed by atoms with Gasteiger partial charge >= 0.3 is 12.0 Å². The van der Waals surface area contributed by atoms with Crippen LogP contribution in [-0.2, 0) is 16.1 Å². The highest BCUT2D eigenvalue weighted by Gasteiger charge is 2.28. The van der Waals surface area contributed by atoms with Crippen LogP contribution in [0.25, 0.3) is 0 Å². The fourth-order valence-corrected chi connectivity index (χ4v) is 3.04. The van der Waals surface area contributed by atoms with Crippen molar-refractivity contribution in [2.24, 2.45) is 0 Å². The van der Waals surface area contributed by atoms with Crippen molar-refractivity contribution in [1.29, 1.82) is 0 Å². The Balaban J connectivity index is 1.94. The second-order valence-corrected chi connectivity index (χ2v) is 5.95. The van der Waals surface area contributed by atoms with Crippen molar-refractivity contribution in [2.45, 2.75) is 26.0 Å². The van der Waals surface area contributed by atoms with E-state index in [1.165, 1.54) is 0 Å². The van der Waals surface area contributed by atoms with Gasteiger partial charge in [0, 0.05) is 24.5 Å². The van der Waals surface area contributed by atoms with Crippen LogP contribution in [0.2, 0.25) is 0 Å². The van der Waals surface area contributed by atoms with E-state index < -0.39 is 12.1 Å². The van der Waals surface area contributed by atoms with Crippen molar-refractivity contribution in [3.8, 4) is 0 Å². The second-order valence-electron chi connectivity index (χ2n) is 4.91. The maximum Gasteiger partial charge on any atom is 0.320 e. The molecule has 0 spiro atoms. The predicted molar refractivity (Wildman–Crippen MR) is 79.4 cm³/mol. The molecule has 1 atom stereocenters. The Bertz CT molecular complexity index is 477. The van der Waals surface area contributed by atoms with Gasteiger partial charge in [-0.2, -0.15) is 0 Å². The molecule has 116 valence electrons. The summed E-state index contributed by atoms with van der Waals surface area (Å²) in [6.07, 6.45) is -0.485. The van der Waals surface area contributed by atoms with Crippen LogP contribution in [0.3, 0.4) is 0 Å². The minimum atomic E-state index is -0.903. The van der Waals surface area contributed by atoms with E-state index in [-0.39, 0.29) is 12.5 Å². The summed E-state index contributed by atoms with van der Waals surface area (Å²) in [5.74, 6) is -0.903. The number of nitrogens with zero attached hydrogens (tertiary/aromatic N) is 2. The zero-order chi connectivity index (χ0) is 15.2. The molecule has 0 aliphatic carbocycles. The van der Waals surface area contributed by atoms with E-state index in [2.05, 4.69) is 0 Å². The number of carbonyl (C=O) groups excluding carboxylic acids is 1. The molecule has 0 bridgehead atoms. The van der Waals surface area contributed by atoms with Crippen LogP contribution in [0, 0.1) is 0 Å². The van der Waals surface area contributed by atoms with Crippen molar-refractivity contribution < 1.29 is 19.4 Å². The standard InChI is InChI=1S/C14H20N2O4S/c1-2-15(10-12-4-3-7-21-12)14(19)16-5-6-20-11(9-16)8-13(17)18/h3-4,7,11H,2,5-6,8-10H2,1H3,(H,17,18). The first-order valence-electron chi connectivity index (χ1n) is 6.99. The van der Waals surface area contributed by atoms with Gasteiger partial charge in [-0.05, 0) is 18.4 Å². The fraction of sp³-hybridized carbons (Fsp3) is 0.571.